The zero-order chi connectivity index (χ0) is 16.5. The first-order valence-corrected chi connectivity index (χ1v) is 8.73. The molecule has 1 unspecified atom stereocenters. The van der Waals surface area contributed by atoms with Crippen LogP contribution in [0.4, 0.5) is 0 Å². The molecule has 0 amide bonds. The molecule has 25 heavy (non-hydrogen) atoms. The van der Waals surface area contributed by atoms with Gasteiger partial charge in [-0.3, -0.25) is 0 Å². The second kappa shape index (κ2) is 7.41. The third-order valence-electron chi connectivity index (χ3n) is 4.05. The van der Waals surface area contributed by atoms with E-state index >= 15 is 0 Å². The summed E-state index contributed by atoms with van der Waals surface area (Å²) < 4.78 is 0. The van der Waals surface area contributed by atoms with Crippen molar-refractivity contribution in [3.05, 3.63) is 71.8 Å². The third-order valence-corrected chi connectivity index (χ3v) is 5.27. The molecule has 0 spiro atoms. The smallest absolute Gasteiger partial charge is 0.339 e. The fourth-order valence-corrected chi connectivity index (χ4v) is 3.67. The van der Waals surface area contributed by atoms with E-state index in [1.165, 1.54) is 5.70 Å². The van der Waals surface area contributed by atoms with Gasteiger partial charge in [0.05, 0.1) is 10.7 Å². The molecule has 0 radical (unpaired) electrons. The van der Waals surface area contributed by atoms with Crippen LogP contribution < -0.4 is 21.8 Å². The number of hydrogen-bond acceptors (Lipinski definition) is 4. The molecule has 0 saturated heterocycles. The standard InChI is InChI=1S/C18H18N5S.BrH/c1-14-13-24-18(21(14)2)23-20-17(15-9-5-3-6-10-15)19-22(23)16-11-7-4-8-12-16;/h3-13,18H,1-2H3;1H/q+1;/p-1. The van der Waals surface area contributed by atoms with Crippen LogP contribution >= 0.6 is 11.8 Å². The fourth-order valence-electron chi connectivity index (χ4n) is 2.60. The second-order valence-electron chi connectivity index (χ2n) is 5.67. The van der Waals surface area contributed by atoms with E-state index in [1.807, 2.05) is 70.3 Å². The summed E-state index contributed by atoms with van der Waals surface area (Å²) in [5.74, 6) is 0.720. The van der Waals surface area contributed by atoms with Crippen molar-refractivity contribution in [1.29, 1.82) is 0 Å². The van der Waals surface area contributed by atoms with E-state index in [4.69, 9.17) is 10.2 Å². The first-order valence-electron chi connectivity index (χ1n) is 7.79. The second-order valence-corrected chi connectivity index (χ2v) is 6.60. The van der Waals surface area contributed by atoms with Crippen molar-refractivity contribution in [3.8, 4) is 17.1 Å². The molecule has 0 saturated carbocycles. The lowest BCUT2D eigenvalue weighted by Gasteiger charge is -2.18. The lowest BCUT2D eigenvalue weighted by molar-refractivity contribution is -0.835. The Morgan fingerprint density at radius 1 is 1.00 bits per heavy atom. The number of para-hydroxylation sites is 1. The van der Waals surface area contributed by atoms with Crippen molar-refractivity contribution in [2.24, 2.45) is 0 Å². The zero-order valence-electron chi connectivity index (χ0n) is 14.0. The predicted molar refractivity (Wildman–Crippen MR) is 95.1 cm³/mol. The van der Waals surface area contributed by atoms with Crippen LogP contribution in [0.1, 0.15) is 12.4 Å². The molecule has 0 bridgehead atoms. The highest BCUT2D eigenvalue weighted by Crippen LogP contribution is 2.33. The molecule has 1 atom stereocenters. The Hall–Kier alpha value is -2.12. The van der Waals surface area contributed by atoms with Gasteiger partial charge in [0.15, 0.2) is 0 Å². The van der Waals surface area contributed by atoms with Crippen molar-refractivity contribution in [1.82, 2.24) is 19.9 Å². The highest BCUT2D eigenvalue weighted by atomic mass is 79.9. The molecule has 0 N–H and O–H groups in total. The predicted octanol–water partition coefficient (Wildman–Crippen LogP) is 0.222. The minimum atomic E-state index is 0. The quantitative estimate of drug-likeness (QED) is 0.573. The Labute approximate surface area is 161 Å². The highest BCUT2D eigenvalue weighted by Gasteiger charge is 2.34. The van der Waals surface area contributed by atoms with E-state index in [1.54, 1.807) is 11.8 Å². The van der Waals surface area contributed by atoms with Gasteiger partial charge in [0, 0.05) is 17.5 Å². The third kappa shape index (κ3) is 3.34. The molecule has 2 heterocycles. The Morgan fingerprint density at radius 2 is 1.64 bits per heavy atom. The molecule has 7 heteroatoms. The summed E-state index contributed by atoms with van der Waals surface area (Å²) in [5, 5.41) is 11.7. The summed E-state index contributed by atoms with van der Waals surface area (Å²) in [7, 11) is 2.08. The summed E-state index contributed by atoms with van der Waals surface area (Å²) in [6.07, 6.45) is 0. The fraction of sp³-hybridized carbons (Fsp3) is 0.167. The maximum atomic E-state index is 4.80. The van der Waals surface area contributed by atoms with Crippen LogP contribution in [0.2, 0.25) is 0 Å². The van der Waals surface area contributed by atoms with Crippen LogP contribution in [0.3, 0.4) is 0 Å². The SMILES string of the molecule is CC1=CSC([n+]2nc(-c3ccccc3)nn2-c2ccccc2)N1C.[Br-]. The van der Waals surface area contributed by atoms with Gasteiger partial charge >= 0.3 is 5.82 Å². The number of hydrogen-bond donors (Lipinski definition) is 0. The number of rotatable bonds is 3. The lowest BCUT2D eigenvalue weighted by Crippen LogP contribution is -3.00. The Bertz CT molecular complexity index is 879. The van der Waals surface area contributed by atoms with Gasteiger partial charge in [0.2, 0.25) is 0 Å². The van der Waals surface area contributed by atoms with Gasteiger partial charge in [0.1, 0.15) is 5.69 Å². The average Bonchev–Trinajstić information content (AvgIpc) is 3.21. The first kappa shape index (κ1) is 17.7. The van der Waals surface area contributed by atoms with Gasteiger partial charge in [-0.25, -0.2) is 0 Å². The summed E-state index contributed by atoms with van der Waals surface area (Å²) in [4.78, 5) is 6.02. The van der Waals surface area contributed by atoms with Crippen molar-refractivity contribution in [2.45, 2.75) is 12.4 Å². The molecule has 4 rings (SSSR count). The normalized spacial score (nSPS) is 16.5. The van der Waals surface area contributed by atoms with Crippen LogP contribution in [0.15, 0.2) is 71.8 Å². The summed E-state index contributed by atoms with van der Waals surface area (Å²) in [5.41, 5.74) is 3.28. The molecular weight excluding hydrogens is 398 g/mol. The summed E-state index contributed by atoms with van der Waals surface area (Å²) >= 11 is 1.73. The van der Waals surface area contributed by atoms with E-state index in [0.717, 1.165) is 17.1 Å². The van der Waals surface area contributed by atoms with Crippen LogP contribution in [0.5, 0.6) is 0 Å². The van der Waals surface area contributed by atoms with Crippen molar-refractivity contribution in [3.63, 3.8) is 0 Å². The number of benzene rings is 2. The lowest BCUT2D eigenvalue weighted by atomic mass is 10.2. The Kier molecular flexibility index (Phi) is 5.24. The van der Waals surface area contributed by atoms with Crippen molar-refractivity contribution >= 4 is 11.8 Å². The van der Waals surface area contributed by atoms with E-state index in [-0.39, 0.29) is 22.5 Å². The van der Waals surface area contributed by atoms with E-state index in [0.29, 0.717) is 0 Å². The number of aromatic nitrogens is 4. The topological polar surface area (TPSA) is 37.8 Å². The molecule has 0 aliphatic carbocycles. The molecule has 1 aromatic heterocycles. The van der Waals surface area contributed by atoms with Crippen LogP contribution in [0.25, 0.3) is 17.1 Å². The summed E-state index contributed by atoms with van der Waals surface area (Å²) in [6.45, 7) is 2.11. The summed E-state index contributed by atoms with van der Waals surface area (Å²) in [6, 6.07) is 20.2. The van der Waals surface area contributed by atoms with Gasteiger partial charge in [-0.05, 0) is 46.5 Å². The van der Waals surface area contributed by atoms with Gasteiger partial charge in [-0.2, -0.15) is 0 Å². The van der Waals surface area contributed by atoms with Crippen LogP contribution in [-0.4, -0.2) is 26.9 Å². The van der Waals surface area contributed by atoms with Gasteiger partial charge in [0.25, 0.3) is 5.50 Å². The van der Waals surface area contributed by atoms with E-state index in [2.05, 4.69) is 24.3 Å². The van der Waals surface area contributed by atoms with Crippen LogP contribution in [-0.2, 0) is 0 Å². The molecule has 0 fully saturated rings. The molecule has 1 aliphatic rings. The highest BCUT2D eigenvalue weighted by molar-refractivity contribution is 8.02. The Balaban J connectivity index is 0.00000182. The minimum absolute atomic E-state index is 0. The molecular formula is C18H18BrN5S. The zero-order valence-corrected chi connectivity index (χ0v) is 16.4. The van der Waals surface area contributed by atoms with E-state index < -0.39 is 0 Å². The average molecular weight is 416 g/mol. The Morgan fingerprint density at radius 3 is 2.24 bits per heavy atom. The maximum Gasteiger partial charge on any atom is 0.339 e. The molecule has 2 aromatic carbocycles. The largest absolute Gasteiger partial charge is 1.00 e. The van der Waals surface area contributed by atoms with Gasteiger partial charge in [-0.1, -0.05) is 48.2 Å². The van der Waals surface area contributed by atoms with Crippen molar-refractivity contribution < 1.29 is 21.8 Å². The molecule has 3 aromatic rings. The number of tetrazole rings is 1. The van der Waals surface area contributed by atoms with E-state index in [9.17, 15) is 0 Å². The molecule has 5 nitrogen and oxygen atoms in total. The number of nitrogens with zero attached hydrogens (tertiary/aromatic N) is 5. The van der Waals surface area contributed by atoms with Gasteiger partial charge in [-0.15, -0.1) is 0 Å². The maximum absolute atomic E-state index is 4.80. The van der Waals surface area contributed by atoms with Gasteiger partial charge < -0.3 is 21.9 Å². The first-order chi connectivity index (χ1) is 11.7. The monoisotopic (exact) mass is 415 g/mol. The molecule has 128 valence electrons. The number of halogens is 1. The molecule has 1 aliphatic heterocycles. The number of allylic oxidation sites excluding steroid dienone is 1. The number of thioether (sulfide) groups is 1. The van der Waals surface area contributed by atoms with Crippen LogP contribution in [0, 0.1) is 0 Å². The van der Waals surface area contributed by atoms with Crippen molar-refractivity contribution in [2.75, 3.05) is 7.05 Å². The minimum Gasteiger partial charge on any atom is -1.00 e.